The molecule has 0 aromatic carbocycles. The van der Waals surface area contributed by atoms with Gasteiger partial charge in [0.15, 0.2) is 0 Å². The number of aliphatic hydroxyl groups excluding tert-OH is 1. The molecule has 0 saturated heterocycles. The SMILES string of the molecule is CC(CCc1ccoc1)C1CCC2C3CC=C4CC(O)CCC4(C)C3CCC12C. The Hall–Kier alpha value is -1.02. The average molecular weight is 397 g/mol. The molecule has 3 fully saturated rings. The van der Waals surface area contributed by atoms with Crippen LogP contribution in [-0.2, 0) is 6.42 Å². The second-order valence-corrected chi connectivity index (χ2v) is 11.5. The first-order valence-electron chi connectivity index (χ1n) is 12.3. The van der Waals surface area contributed by atoms with Crippen LogP contribution in [0.25, 0.3) is 0 Å². The number of aliphatic hydroxyl groups is 1. The lowest BCUT2D eigenvalue weighted by atomic mass is 9.47. The summed E-state index contributed by atoms with van der Waals surface area (Å²) in [6.07, 6.45) is 18.8. The van der Waals surface area contributed by atoms with Gasteiger partial charge in [0, 0.05) is 0 Å². The van der Waals surface area contributed by atoms with Crippen LogP contribution < -0.4 is 0 Å². The molecule has 4 aliphatic carbocycles. The van der Waals surface area contributed by atoms with Crippen LogP contribution in [0.2, 0.25) is 0 Å². The number of hydrogen-bond acceptors (Lipinski definition) is 2. The number of hydrogen-bond donors (Lipinski definition) is 1. The highest BCUT2D eigenvalue weighted by atomic mass is 16.3. The van der Waals surface area contributed by atoms with Gasteiger partial charge in [0.2, 0.25) is 0 Å². The molecule has 0 spiro atoms. The van der Waals surface area contributed by atoms with Crippen LogP contribution in [0.1, 0.15) is 84.1 Å². The third kappa shape index (κ3) is 3.16. The van der Waals surface area contributed by atoms with E-state index in [0.717, 1.165) is 48.9 Å². The van der Waals surface area contributed by atoms with E-state index in [1.807, 2.05) is 12.5 Å². The van der Waals surface area contributed by atoms with Crippen molar-refractivity contribution in [3.8, 4) is 0 Å². The largest absolute Gasteiger partial charge is 0.472 e. The van der Waals surface area contributed by atoms with Gasteiger partial charge >= 0.3 is 0 Å². The highest BCUT2D eigenvalue weighted by molar-refractivity contribution is 5.25. The molecule has 2 heteroatoms. The number of fused-ring (bicyclic) bond motifs is 5. The van der Waals surface area contributed by atoms with Crippen molar-refractivity contribution >= 4 is 0 Å². The second-order valence-electron chi connectivity index (χ2n) is 11.5. The molecule has 4 aliphatic rings. The highest BCUT2D eigenvalue weighted by Gasteiger charge is 2.59. The van der Waals surface area contributed by atoms with E-state index in [1.54, 1.807) is 5.57 Å². The molecule has 8 unspecified atom stereocenters. The van der Waals surface area contributed by atoms with Gasteiger partial charge in [0.1, 0.15) is 0 Å². The number of furan rings is 1. The van der Waals surface area contributed by atoms with Gasteiger partial charge in [-0.3, -0.25) is 0 Å². The van der Waals surface area contributed by atoms with Gasteiger partial charge in [-0.2, -0.15) is 0 Å². The van der Waals surface area contributed by atoms with Crippen molar-refractivity contribution in [2.24, 2.45) is 40.4 Å². The van der Waals surface area contributed by atoms with E-state index in [-0.39, 0.29) is 6.10 Å². The van der Waals surface area contributed by atoms with Crippen molar-refractivity contribution in [2.75, 3.05) is 0 Å². The van der Waals surface area contributed by atoms with E-state index in [4.69, 9.17) is 4.42 Å². The maximum Gasteiger partial charge on any atom is 0.0934 e. The molecular formula is C27H40O2. The third-order valence-corrected chi connectivity index (χ3v) is 10.3. The normalized spacial score (nSPS) is 45.1. The summed E-state index contributed by atoms with van der Waals surface area (Å²) in [5, 5.41) is 10.2. The van der Waals surface area contributed by atoms with Crippen molar-refractivity contribution in [1.29, 1.82) is 0 Å². The first-order valence-corrected chi connectivity index (χ1v) is 12.3. The van der Waals surface area contributed by atoms with Crippen LogP contribution in [0.4, 0.5) is 0 Å². The minimum Gasteiger partial charge on any atom is -0.472 e. The molecular weight excluding hydrogens is 356 g/mol. The lowest BCUT2D eigenvalue weighted by molar-refractivity contribution is -0.0571. The molecule has 1 aromatic heterocycles. The summed E-state index contributed by atoms with van der Waals surface area (Å²) in [4.78, 5) is 0. The molecule has 0 amide bonds. The van der Waals surface area contributed by atoms with Crippen molar-refractivity contribution in [1.82, 2.24) is 0 Å². The summed E-state index contributed by atoms with van der Waals surface area (Å²) in [6.45, 7) is 7.73. The van der Waals surface area contributed by atoms with Crippen molar-refractivity contribution < 1.29 is 9.52 Å². The first-order chi connectivity index (χ1) is 13.9. The molecule has 1 heterocycles. The zero-order valence-electron chi connectivity index (χ0n) is 18.7. The zero-order chi connectivity index (χ0) is 20.2. The summed E-state index contributed by atoms with van der Waals surface area (Å²) in [5.74, 6) is 4.32. The Morgan fingerprint density at radius 2 is 2.00 bits per heavy atom. The summed E-state index contributed by atoms with van der Waals surface area (Å²) in [5.41, 5.74) is 3.86. The Morgan fingerprint density at radius 3 is 2.79 bits per heavy atom. The zero-order valence-corrected chi connectivity index (χ0v) is 18.7. The van der Waals surface area contributed by atoms with Crippen molar-refractivity contribution in [3.63, 3.8) is 0 Å². The molecule has 1 aromatic rings. The summed E-state index contributed by atoms with van der Waals surface area (Å²) in [6, 6.07) is 2.13. The Morgan fingerprint density at radius 1 is 1.14 bits per heavy atom. The monoisotopic (exact) mass is 396 g/mol. The highest BCUT2D eigenvalue weighted by Crippen LogP contribution is 2.67. The van der Waals surface area contributed by atoms with Gasteiger partial charge in [-0.15, -0.1) is 0 Å². The molecule has 1 N–H and O–H groups in total. The van der Waals surface area contributed by atoms with Gasteiger partial charge in [-0.25, -0.2) is 0 Å². The topological polar surface area (TPSA) is 33.4 Å². The van der Waals surface area contributed by atoms with E-state index in [0.29, 0.717) is 10.8 Å². The van der Waals surface area contributed by atoms with Gasteiger partial charge in [-0.1, -0.05) is 32.4 Å². The van der Waals surface area contributed by atoms with E-state index in [9.17, 15) is 5.11 Å². The summed E-state index contributed by atoms with van der Waals surface area (Å²) < 4.78 is 5.28. The molecule has 0 aliphatic heterocycles. The minimum atomic E-state index is -0.0910. The smallest absolute Gasteiger partial charge is 0.0934 e. The number of aryl methyl sites for hydroxylation is 1. The molecule has 0 bridgehead atoms. The van der Waals surface area contributed by atoms with Crippen LogP contribution in [0.5, 0.6) is 0 Å². The third-order valence-electron chi connectivity index (χ3n) is 10.3. The Kier molecular flexibility index (Phi) is 5.01. The first kappa shape index (κ1) is 19.9. The maximum atomic E-state index is 10.2. The summed E-state index contributed by atoms with van der Waals surface area (Å²) >= 11 is 0. The summed E-state index contributed by atoms with van der Waals surface area (Å²) in [7, 11) is 0. The van der Waals surface area contributed by atoms with E-state index < -0.39 is 0 Å². The van der Waals surface area contributed by atoms with Gasteiger partial charge in [-0.05, 0) is 116 Å². The molecule has 3 saturated carbocycles. The Labute approximate surface area is 177 Å². The van der Waals surface area contributed by atoms with Crippen LogP contribution in [-0.4, -0.2) is 11.2 Å². The molecule has 5 rings (SSSR count). The quantitative estimate of drug-likeness (QED) is 0.569. The van der Waals surface area contributed by atoms with E-state index in [1.165, 1.54) is 50.5 Å². The van der Waals surface area contributed by atoms with E-state index >= 15 is 0 Å². The fraction of sp³-hybridized carbons (Fsp3) is 0.778. The predicted molar refractivity (Wildman–Crippen MR) is 117 cm³/mol. The van der Waals surface area contributed by atoms with Crippen LogP contribution in [0, 0.1) is 40.4 Å². The average Bonchev–Trinajstić information content (AvgIpc) is 3.34. The Bertz CT molecular complexity index is 749. The molecule has 0 radical (unpaired) electrons. The van der Waals surface area contributed by atoms with Crippen LogP contribution >= 0.6 is 0 Å². The van der Waals surface area contributed by atoms with Crippen molar-refractivity contribution in [3.05, 3.63) is 35.8 Å². The second kappa shape index (κ2) is 7.29. The standard InChI is InChI=1S/C27H40O2/c1-18(4-5-19-12-15-29-17-19)23-8-9-24-22-7-6-20-16-21(28)10-13-26(20,2)25(22)11-14-27(23,24)3/h6,12,15,17-18,21-25,28H,4-5,7-11,13-14,16H2,1-3H3. The molecule has 29 heavy (non-hydrogen) atoms. The maximum absolute atomic E-state index is 10.2. The minimum absolute atomic E-state index is 0.0910. The fourth-order valence-corrected chi connectivity index (χ4v) is 8.65. The Balaban J connectivity index is 1.33. The lowest BCUT2D eigenvalue weighted by Crippen LogP contribution is -2.50. The number of allylic oxidation sites excluding steroid dienone is 1. The molecule has 160 valence electrons. The van der Waals surface area contributed by atoms with Gasteiger partial charge in [0.05, 0.1) is 18.6 Å². The lowest BCUT2D eigenvalue weighted by Gasteiger charge is -2.58. The fourth-order valence-electron chi connectivity index (χ4n) is 8.65. The molecule has 2 nitrogen and oxygen atoms in total. The predicted octanol–water partition coefficient (Wildman–Crippen LogP) is 6.79. The van der Waals surface area contributed by atoms with E-state index in [2.05, 4.69) is 32.9 Å². The van der Waals surface area contributed by atoms with Gasteiger partial charge in [0.25, 0.3) is 0 Å². The molecule has 8 atom stereocenters. The van der Waals surface area contributed by atoms with Crippen LogP contribution in [0.15, 0.2) is 34.7 Å². The van der Waals surface area contributed by atoms with Crippen LogP contribution in [0.3, 0.4) is 0 Å². The number of rotatable bonds is 4. The van der Waals surface area contributed by atoms with Crippen molar-refractivity contribution in [2.45, 2.75) is 91.1 Å². The van der Waals surface area contributed by atoms with Gasteiger partial charge < -0.3 is 9.52 Å².